The molecule has 2 aromatic heterocycles. The van der Waals surface area contributed by atoms with Crippen LogP contribution in [0.2, 0.25) is 0 Å². The number of nitrogens with zero attached hydrogens (tertiary/aromatic N) is 4. The van der Waals surface area contributed by atoms with Crippen molar-refractivity contribution >= 4 is 5.91 Å². The highest BCUT2D eigenvalue weighted by Crippen LogP contribution is 2.39. The first kappa shape index (κ1) is 27.4. The number of amides is 1. The number of aromatic nitrogens is 2. The molecular formula is C29H36F3N5O3. The number of ether oxygens (including phenoxy) is 1. The Kier molecular flexibility index (Phi) is 7.71. The van der Waals surface area contributed by atoms with Gasteiger partial charge in [-0.3, -0.25) is 24.4 Å². The number of halogens is 3. The van der Waals surface area contributed by atoms with Crippen LogP contribution in [0.4, 0.5) is 13.2 Å². The first-order valence-electron chi connectivity index (χ1n) is 14.3. The van der Waals surface area contributed by atoms with Crippen LogP contribution in [-0.4, -0.2) is 76.7 Å². The van der Waals surface area contributed by atoms with E-state index in [1.54, 1.807) is 0 Å². The average Bonchev–Trinajstić information content (AvgIpc) is 3.52. The minimum Gasteiger partial charge on any atom is -0.381 e. The number of likely N-dealkylation sites (tertiary alicyclic amines) is 1. The Labute approximate surface area is 231 Å². The van der Waals surface area contributed by atoms with Crippen molar-refractivity contribution in [3.63, 3.8) is 0 Å². The highest BCUT2D eigenvalue weighted by molar-refractivity contribution is 5.78. The summed E-state index contributed by atoms with van der Waals surface area (Å²) in [5, 5.41) is 3.29. The molecule has 1 aliphatic carbocycles. The lowest BCUT2D eigenvalue weighted by Crippen LogP contribution is -2.48. The number of carbonyl (C=O) groups is 1. The summed E-state index contributed by atoms with van der Waals surface area (Å²) in [7, 11) is 0. The number of carbonyl (C=O) groups excluding carboxylic acids is 1. The van der Waals surface area contributed by atoms with Crippen LogP contribution in [-0.2, 0) is 35.2 Å². The molecule has 0 radical (unpaired) electrons. The Morgan fingerprint density at radius 1 is 1.12 bits per heavy atom. The first-order chi connectivity index (χ1) is 19.2. The Bertz CT molecular complexity index is 1290. The standard InChI is InChI=1S/C29H36F3N5O3/c30-29(31,32)22-13-24-16-35(8-9-37(24)27(39)14-22)18-26(38)34-25-17-36(23-5-10-40-11-6-23)15-21(25)12-20-4-3-19-2-1-7-33-28(19)20/h1-2,7,13-14,20-21,23,25H,3-6,8-12,15-18H2,(H,34,38)/t20?,21-,25?/m0/s1. The molecule has 8 nitrogen and oxygen atoms in total. The number of hydrogen-bond acceptors (Lipinski definition) is 6. The SMILES string of the molecule is O=C(CN1CCn2c(cc(C(F)(F)F)cc2=O)C1)NC1CN(C2CCOCC2)C[C@@H]1CC1CCc2cccnc21. The van der Waals surface area contributed by atoms with E-state index in [2.05, 4.69) is 21.3 Å². The maximum absolute atomic E-state index is 13.3. The highest BCUT2D eigenvalue weighted by atomic mass is 19.4. The molecule has 0 bridgehead atoms. The maximum atomic E-state index is 13.3. The smallest absolute Gasteiger partial charge is 0.381 e. The fourth-order valence-corrected chi connectivity index (χ4v) is 7.09. The van der Waals surface area contributed by atoms with Gasteiger partial charge < -0.3 is 14.6 Å². The fraction of sp³-hybridized carbons (Fsp3) is 0.621. The van der Waals surface area contributed by atoms with Crippen LogP contribution in [0.1, 0.15) is 54.1 Å². The van der Waals surface area contributed by atoms with Crippen molar-refractivity contribution in [2.45, 2.75) is 69.4 Å². The second-order valence-corrected chi connectivity index (χ2v) is 11.7. The summed E-state index contributed by atoms with van der Waals surface area (Å²) in [6, 6.07) is 6.28. The molecule has 2 unspecified atom stereocenters. The fourth-order valence-electron chi connectivity index (χ4n) is 7.09. The van der Waals surface area contributed by atoms with Gasteiger partial charge in [0, 0.05) is 87.6 Å². The summed E-state index contributed by atoms with van der Waals surface area (Å²) in [5.41, 5.74) is 1.21. The van der Waals surface area contributed by atoms with E-state index in [0.29, 0.717) is 30.5 Å². The predicted molar refractivity (Wildman–Crippen MR) is 142 cm³/mol. The summed E-state index contributed by atoms with van der Waals surface area (Å²) in [6.45, 7) is 4.13. The van der Waals surface area contributed by atoms with Crippen molar-refractivity contribution in [3.05, 3.63) is 63.3 Å². The van der Waals surface area contributed by atoms with Crippen molar-refractivity contribution in [2.24, 2.45) is 5.92 Å². The van der Waals surface area contributed by atoms with E-state index in [9.17, 15) is 22.8 Å². The monoisotopic (exact) mass is 559 g/mol. The Morgan fingerprint density at radius 2 is 1.95 bits per heavy atom. The van der Waals surface area contributed by atoms with Crippen molar-refractivity contribution in [3.8, 4) is 0 Å². The number of pyridine rings is 2. The van der Waals surface area contributed by atoms with Crippen LogP contribution in [0.5, 0.6) is 0 Å². The summed E-state index contributed by atoms with van der Waals surface area (Å²) >= 11 is 0. The third-order valence-electron chi connectivity index (χ3n) is 9.12. The lowest BCUT2D eigenvalue weighted by atomic mass is 9.89. The van der Waals surface area contributed by atoms with Crippen molar-refractivity contribution in [2.75, 3.05) is 39.4 Å². The second kappa shape index (κ2) is 11.3. The van der Waals surface area contributed by atoms with E-state index in [4.69, 9.17) is 4.74 Å². The van der Waals surface area contributed by atoms with Gasteiger partial charge in [-0.25, -0.2) is 0 Å². The summed E-state index contributed by atoms with van der Waals surface area (Å²) in [4.78, 5) is 34.6. The normalized spacial score (nSPS) is 26.0. The Hall–Kier alpha value is -2.76. The van der Waals surface area contributed by atoms with Gasteiger partial charge in [0.05, 0.1) is 12.1 Å². The van der Waals surface area contributed by atoms with E-state index < -0.39 is 17.3 Å². The lowest BCUT2D eigenvalue weighted by Gasteiger charge is -2.31. The van der Waals surface area contributed by atoms with E-state index in [1.165, 1.54) is 15.8 Å². The van der Waals surface area contributed by atoms with Gasteiger partial charge in [-0.05, 0) is 55.7 Å². The highest BCUT2D eigenvalue weighted by Gasteiger charge is 2.40. The molecule has 2 saturated heterocycles. The molecule has 216 valence electrons. The molecule has 3 atom stereocenters. The van der Waals surface area contributed by atoms with Crippen LogP contribution in [0.3, 0.4) is 0 Å². The van der Waals surface area contributed by atoms with Gasteiger partial charge in [-0.15, -0.1) is 0 Å². The number of nitrogens with one attached hydrogen (secondary N) is 1. The van der Waals surface area contributed by atoms with Gasteiger partial charge in [0.2, 0.25) is 5.91 Å². The van der Waals surface area contributed by atoms with Crippen molar-refractivity contribution in [1.29, 1.82) is 0 Å². The van der Waals surface area contributed by atoms with Gasteiger partial charge in [0.15, 0.2) is 0 Å². The molecule has 2 aromatic rings. The molecule has 5 heterocycles. The molecule has 0 saturated carbocycles. The molecule has 0 aromatic carbocycles. The van der Waals surface area contributed by atoms with Crippen LogP contribution < -0.4 is 10.9 Å². The van der Waals surface area contributed by atoms with Crippen molar-refractivity contribution in [1.82, 2.24) is 24.7 Å². The second-order valence-electron chi connectivity index (χ2n) is 11.7. The van der Waals surface area contributed by atoms with E-state index >= 15 is 0 Å². The molecule has 1 N–H and O–H groups in total. The molecule has 40 heavy (non-hydrogen) atoms. The van der Waals surface area contributed by atoms with Crippen LogP contribution >= 0.6 is 0 Å². The minimum atomic E-state index is -4.59. The predicted octanol–water partition coefficient (Wildman–Crippen LogP) is 2.79. The molecule has 1 amide bonds. The van der Waals surface area contributed by atoms with E-state index in [0.717, 1.165) is 64.5 Å². The largest absolute Gasteiger partial charge is 0.416 e. The minimum absolute atomic E-state index is 0.000338. The molecule has 4 aliphatic rings. The third-order valence-corrected chi connectivity index (χ3v) is 9.12. The molecule has 11 heteroatoms. The molecule has 0 spiro atoms. The van der Waals surface area contributed by atoms with Crippen LogP contribution in [0.25, 0.3) is 0 Å². The van der Waals surface area contributed by atoms with E-state index in [1.807, 2.05) is 17.2 Å². The number of fused-ring (bicyclic) bond motifs is 2. The average molecular weight is 560 g/mol. The zero-order chi connectivity index (χ0) is 27.9. The third kappa shape index (κ3) is 5.82. The number of hydrogen-bond donors (Lipinski definition) is 1. The van der Waals surface area contributed by atoms with Gasteiger partial charge >= 0.3 is 6.18 Å². The summed E-state index contributed by atoms with van der Waals surface area (Å²) in [6.07, 6.45) is 2.35. The van der Waals surface area contributed by atoms with Crippen LogP contribution in [0, 0.1) is 5.92 Å². The molecule has 3 aliphatic heterocycles. The first-order valence-corrected chi connectivity index (χ1v) is 14.3. The quantitative estimate of drug-likeness (QED) is 0.587. The maximum Gasteiger partial charge on any atom is 0.416 e. The van der Waals surface area contributed by atoms with Gasteiger partial charge in [0.1, 0.15) is 0 Å². The van der Waals surface area contributed by atoms with Gasteiger partial charge in [-0.2, -0.15) is 13.2 Å². The molecular weight excluding hydrogens is 523 g/mol. The number of alkyl halides is 3. The topological polar surface area (TPSA) is 79.7 Å². The van der Waals surface area contributed by atoms with Gasteiger partial charge in [-0.1, -0.05) is 6.07 Å². The lowest BCUT2D eigenvalue weighted by molar-refractivity contribution is -0.138. The number of rotatable bonds is 6. The zero-order valence-corrected chi connectivity index (χ0v) is 22.5. The summed E-state index contributed by atoms with van der Waals surface area (Å²) in [5.74, 6) is 0.547. The zero-order valence-electron chi connectivity index (χ0n) is 22.5. The van der Waals surface area contributed by atoms with Crippen LogP contribution in [0.15, 0.2) is 35.3 Å². The Morgan fingerprint density at radius 3 is 2.75 bits per heavy atom. The van der Waals surface area contributed by atoms with E-state index in [-0.39, 0.29) is 37.3 Å². The molecule has 6 rings (SSSR count). The molecule has 2 fully saturated rings. The number of aryl methyl sites for hydroxylation is 1. The van der Waals surface area contributed by atoms with Gasteiger partial charge in [0.25, 0.3) is 5.56 Å². The summed E-state index contributed by atoms with van der Waals surface area (Å²) < 4.78 is 46.7. The van der Waals surface area contributed by atoms with Crippen molar-refractivity contribution < 1.29 is 22.7 Å². The Balaban J connectivity index is 1.12.